The first-order chi connectivity index (χ1) is 13.3. The van der Waals surface area contributed by atoms with Gasteiger partial charge in [0.1, 0.15) is 18.4 Å². The molecule has 2 N–H and O–H groups in total. The number of benzene rings is 2. The summed E-state index contributed by atoms with van der Waals surface area (Å²) in [6.45, 7) is 8.70. The highest BCUT2D eigenvalue weighted by Gasteiger charge is 2.22. The third kappa shape index (κ3) is 7.06. The Labute approximate surface area is 167 Å². The molecular weight excluding hydrogens is 352 g/mol. The van der Waals surface area contributed by atoms with Crippen molar-refractivity contribution in [2.24, 2.45) is 5.92 Å². The molecule has 0 aliphatic heterocycles. The van der Waals surface area contributed by atoms with Gasteiger partial charge in [-0.3, -0.25) is 9.59 Å². The molecule has 0 aliphatic rings. The van der Waals surface area contributed by atoms with E-state index in [4.69, 9.17) is 4.74 Å². The quantitative estimate of drug-likeness (QED) is 0.650. The van der Waals surface area contributed by atoms with Crippen LogP contribution in [0.15, 0.2) is 48.5 Å². The summed E-state index contributed by atoms with van der Waals surface area (Å²) >= 11 is 0. The maximum atomic E-state index is 12.7. The molecule has 0 heterocycles. The Morgan fingerprint density at radius 3 is 2.25 bits per heavy atom. The summed E-state index contributed by atoms with van der Waals surface area (Å²) in [5.41, 5.74) is 3.03. The van der Waals surface area contributed by atoms with Crippen LogP contribution in [0.3, 0.4) is 0 Å². The van der Waals surface area contributed by atoms with Gasteiger partial charge in [0.25, 0.3) is 0 Å². The fourth-order valence-corrected chi connectivity index (χ4v) is 3.00. The lowest BCUT2D eigenvalue weighted by atomic mass is 10.0. The van der Waals surface area contributed by atoms with Gasteiger partial charge in [-0.2, -0.15) is 0 Å². The first-order valence-corrected chi connectivity index (χ1v) is 9.68. The van der Waals surface area contributed by atoms with E-state index in [1.165, 1.54) is 0 Å². The number of rotatable bonds is 9. The third-order valence-electron chi connectivity index (χ3n) is 4.16. The van der Waals surface area contributed by atoms with Crippen LogP contribution in [0.25, 0.3) is 0 Å². The van der Waals surface area contributed by atoms with E-state index < -0.39 is 6.04 Å². The largest absolute Gasteiger partial charge is 0.492 e. The van der Waals surface area contributed by atoms with Gasteiger partial charge in [0.05, 0.1) is 6.54 Å². The van der Waals surface area contributed by atoms with E-state index in [1.54, 1.807) is 0 Å². The number of hydrogen-bond donors (Lipinski definition) is 2. The molecule has 0 bridgehead atoms. The molecule has 5 heteroatoms. The highest BCUT2D eigenvalue weighted by atomic mass is 16.5. The summed E-state index contributed by atoms with van der Waals surface area (Å²) in [6, 6.07) is 14.6. The van der Waals surface area contributed by atoms with E-state index >= 15 is 0 Å². The van der Waals surface area contributed by atoms with Crippen LogP contribution >= 0.6 is 0 Å². The first-order valence-electron chi connectivity index (χ1n) is 9.68. The topological polar surface area (TPSA) is 67.4 Å². The third-order valence-corrected chi connectivity index (χ3v) is 4.16. The predicted molar refractivity (Wildman–Crippen MR) is 111 cm³/mol. The van der Waals surface area contributed by atoms with E-state index in [9.17, 15) is 9.59 Å². The normalized spacial score (nSPS) is 11.8. The van der Waals surface area contributed by atoms with E-state index in [1.807, 2.05) is 70.2 Å². The van der Waals surface area contributed by atoms with E-state index in [-0.39, 0.29) is 17.7 Å². The van der Waals surface area contributed by atoms with Crippen molar-refractivity contribution in [2.75, 3.05) is 13.2 Å². The average molecular weight is 383 g/mol. The zero-order chi connectivity index (χ0) is 20.5. The Kier molecular flexibility index (Phi) is 8.05. The van der Waals surface area contributed by atoms with Crippen LogP contribution in [0, 0.1) is 19.8 Å². The van der Waals surface area contributed by atoms with E-state index in [2.05, 4.69) is 16.7 Å². The van der Waals surface area contributed by atoms with Crippen LogP contribution in [-0.4, -0.2) is 25.0 Å². The van der Waals surface area contributed by atoms with Crippen molar-refractivity contribution >= 4 is 11.8 Å². The summed E-state index contributed by atoms with van der Waals surface area (Å²) in [5.74, 6) is 0.639. The summed E-state index contributed by atoms with van der Waals surface area (Å²) in [4.78, 5) is 24.9. The Hall–Kier alpha value is -2.82. The molecule has 28 heavy (non-hydrogen) atoms. The van der Waals surface area contributed by atoms with E-state index in [0.717, 1.165) is 22.4 Å². The second-order valence-corrected chi connectivity index (χ2v) is 7.47. The number of carbonyl (C=O) groups excluding carboxylic acids is 2. The van der Waals surface area contributed by atoms with Crippen molar-refractivity contribution in [3.05, 3.63) is 65.2 Å². The van der Waals surface area contributed by atoms with Gasteiger partial charge in [0.15, 0.2) is 0 Å². The summed E-state index contributed by atoms with van der Waals surface area (Å²) in [7, 11) is 0. The van der Waals surface area contributed by atoms with Gasteiger partial charge in [0, 0.05) is 6.42 Å². The number of nitrogens with one attached hydrogen (secondary N) is 2. The zero-order valence-electron chi connectivity index (χ0n) is 17.1. The van der Waals surface area contributed by atoms with Crippen LogP contribution in [-0.2, 0) is 9.59 Å². The molecule has 0 saturated carbocycles. The van der Waals surface area contributed by atoms with Gasteiger partial charge in [-0.15, -0.1) is 0 Å². The number of hydrogen-bond acceptors (Lipinski definition) is 3. The SMILES string of the molecule is Cc1cc(C)cc(OCCNC(=O)C(NC(=O)CC(C)C)c2ccccc2)c1. The predicted octanol–water partition coefficient (Wildman–Crippen LogP) is 3.70. The molecule has 2 aromatic carbocycles. The fourth-order valence-electron chi connectivity index (χ4n) is 3.00. The smallest absolute Gasteiger partial charge is 0.247 e. The van der Waals surface area contributed by atoms with E-state index in [0.29, 0.717) is 19.6 Å². The van der Waals surface area contributed by atoms with Gasteiger partial charge in [-0.25, -0.2) is 0 Å². The van der Waals surface area contributed by atoms with Crippen molar-refractivity contribution in [3.8, 4) is 5.75 Å². The minimum Gasteiger partial charge on any atom is -0.492 e. The molecule has 2 amide bonds. The lowest BCUT2D eigenvalue weighted by Gasteiger charge is -2.19. The number of carbonyl (C=O) groups is 2. The molecule has 0 aromatic heterocycles. The van der Waals surface area contributed by atoms with Gasteiger partial charge in [-0.05, 0) is 48.6 Å². The first kappa shape index (κ1) is 21.5. The molecule has 1 atom stereocenters. The molecule has 0 saturated heterocycles. The lowest BCUT2D eigenvalue weighted by molar-refractivity contribution is -0.129. The number of amides is 2. The van der Waals surface area contributed by atoms with Crippen LogP contribution in [0.5, 0.6) is 5.75 Å². The Morgan fingerprint density at radius 2 is 1.64 bits per heavy atom. The standard InChI is InChI=1S/C23H30N2O3/c1-16(2)12-21(26)25-22(19-8-6-5-7-9-19)23(27)24-10-11-28-20-14-17(3)13-18(4)15-20/h5-9,13-16,22H,10-12H2,1-4H3,(H,24,27)(H,25,26). The fraction of sp³-hybridized carbons (Fsp3) is 0.391. The Bertz CT molecular complexity index is 767. The van der Waals surface area contributed by atoms with Crippen molar-refractivity contribution in [1.82, 2.24) is 10.6 Å². The van der Waals surface area contributed by atoms with Gasteiger partial charge < -0.3 is 15.4 Å². The van der Waals surface area contributed by atoms with Gasteiger partial charge in [-0.1, -0.05) is 50.2 Å². The highest BCUT2D eigenvalue weighted by Crippen LogP contribution is 2.16. The van der Waals surface area contributed by atoms with Crippen molar-refractivity contribution in [2.45, 2.75) is 40.2 Å². The van der Waals surface area contributed by atoms with Crippen molar-refractivity contribution in [1.29, 1.82) is 0 Å². The van der Waals surface area contributed by atoms with Gasteiger partial charge in [0.2, 0.25) is 11.8 Å². The minimum absolute atomic E-state index is 0.134. The molecule has 0 fully saturated rings. The molecule has 150 valence electrons. The van der Waals surface area contributed by atoms with Crippen LogP contribution < -0.4 is 15.4 Å². The Morgan fingerprint density at radius 1 is 1.00 bits per heavy atom. The second kappa shape index (κ2) is 10.5. The molecule has 2 rings (SSSR count). The summed E-state index contributed by atoms with van der Waals surface area (Å²) in [6.07, 6.45) is 0.381. The average Bonchev–Trinajstić information content (AvgIpc) is 2.62. The lowest BCUT2D eigenvalue weighted by Crippen LogP contribution is -2.41. The molecule has 5 nitrogen and oxygen atoms in total. The number of ether oxygens (including phenoxy) is 1. The van der Waals surface area contributed by atoms with Crippen molar-refractivity contribution < 1.29 is 14.3 Å². The molecular formula is C23H30N2O3. The molecule has 2 aromatic rings. The van der Waals surface area contributed by atoms with Crippen LogP contribution in [0.2, 0.25) is 0 Å². The molecule has 0 aliphatic carbocycles. The molecule has 0 radical (unpaired) electrons. The zero-order valence-corrected chi connectivity index (χ0v) is 17.1. The molecule has 0 spiro atoms. The molecule has 1 unspecified atom stereocenters. The van der Waals surface area contributed by atoms with Crippen LogP contribution in [0.4, 0.5) is 0 Å². The maximum absolute atomic E-state index is 12.7. The summed E-state index contributed by atoms with van der Waals surface area (Å²) in [5, 5.41) is 5.71. The monoisotopic (exact) mass is 382 g/mol. The van der Waals surface area contributed by atoms with Crippen LogP contribution in [0.1, 0.15) is 43.0 Å². The minimum atomic E-state index is -0.714. The Balaban J connectivity index is 1.93. The highest BCUT2D eigenvalue weighted by molar-refractivity contribution is 5.88. The van der Waals surface area contributed by atoms with Gasteiger partial charge >= 0.3 is 0 Å². The number of aryl methyl sites for hydroxylation is 2. The second-order valence-electron chi connectivity index (χ2n) is 7.47. The van der Waals surface area contributed by atoms with Crippen molar-refractivity contribution in [3.63, 3.8) is 0 Å². The summed E-state index contributed by atoms with van der Waals surface area (Å²) < 4.78 is 5.74. The maximum Gasteiger partial charge on any atom is 0.247 e.